The van der Waals surface area contributed by atoms with Crippen molar-refractivity contribution in [3.63, 3.8) is 0 Å². The van der Waals surface area contributed by atoms with E-state index in [9.17, 15) is 0 Å². The number of nitrogens with zero attached hydrogens (tertiary/aromatic N) is 1. The summed E-state index contributed by atoms with van der Waals surface area (Å²) in [6.07, 6.45) is 1.89. The number of rotatable bonds is 0. The number of hydrogen-bond acceptors (Lipinski definition) is 1. The molecule has 1 unspecified atom stereocenters. The molecule has 0 spiro atoms. The van der Waals surface area contributed by atoms with Crippen LogP contribution in [0.5, 0.6) is 0 Å². The van der Waals surface area contributed by atoms with Gasteiger partial charge in [0.2, 0.25) is 0 Å². The van der Waals surface area contributed by atoms with Gasteiger partial charge in [-0.3, -0.25) is 0 Å². The Kier molecular flexibility index (Phi) is 6.39. The van der Waals surface area contributed by atoms with E-state index in [0.29, 0.717) is 6.54 Å². The Labute approximate surface area is 92.5 Å². The van der Waals surface area contributed by atoms with E-state index < -0.39 is 0 Å². The third-order valence-electron chi connectivity index (χ3n) is 1.19. The Morgan fingerprint density at radius 2 is 2.25 bits per heavy atom. The molecule has 1 saturated heterocycles. The quantitative estimate of drug-likeness (QED) is 0.370. The average molecular weight is 139 g/mol. The van der Waals surface area contributed by atoms with Crippen molar-refractivity contribution < 1.29 is 56.5 Å². The van der Waals surface area contributed by atoms with Crippen LogP contribution in [0.4, 0.5) is 0 Å². The summed E-state index contributed by atoms with van der Waals surface area (Å²) in [5, 5.41) is 12.8. The van der Waals surface area contributed by atoms with Crippen LogP contribution in [0.25, 0.3) is 5.32 Å². The first-order chi connectivity index (χ1) is 3.39. The number of aliphatic hydroxyl groups excluding tert-OH is 1. The molecule has 0 saturated carbocycles. The summed E-state index contributed by atoms with van der Waals surface area (Å²) in [6.45, 7) is 1.62. The van der Waals surface area contributed by atoms with Gasteiger partial charge in [-0.2, -0.15) is 0 Å². The van der Waals surface area contributed by atoms with Gasteiger partial charge in [-0.1, -0.05) is 6.42 Å². The summed E-state index contributed by atoms with van der Waals surface area (Å²) in [6, 6.07) is 0. The van der Waals surface area contributed by atoms with Crippen molar-refractivity contribution in [3.05, 3.63) is 5.32 Å². The number of piperidine rings is 1. The summed E-state index contributed by atoms with van der Waals surface area (Å²) < 4.78 is 0. The third kappa shape index (κ3) is 3.56. The Bertz CT molecular complexity index is 54.4. The van der Waals surface area contributed by atoms with Crippen LogP contribution in [0.1, 0.15) is 12.8 Å². The normalized spacial score (nSPS) is 28.9. The van der Waals surface area contributed by atoms with Crippen LogP contribution in [0, 0.1) is 0 Å². The second kappa shape index (κ2) is 5.35. The maximum absolute atomic E-state index is 8.82. The van der Waals surface area contributed by atoms with Crippen molar-refractivity contribution in [1.82, 2.24) is 0 Å². The van der Waals surface area contributed by atoms with Crippen LogP contribution >= 0.6 is 0 Å². The summed E-state index contributed by atoms with van der Waals surface area (Å²) in [4.78, 5) is 0. The van der Waals surface area contributed by atoms with Gasteiger partial charge in [0.05, 0.1) is 0 Å². The third-order valence-corrected chi connectivity index (χ3v) is 1.19. The van der Waals surface area contributed by atoms with E-state index in [1.807, 2.05) is 0 Å². The van der Waals surface area contributed by atoms with Crippen molar-refractivity contribution in [3.8, 4) is 0 Å². The molecule has 0 aromatic heterocycles. The fourth-order valence-corrected chi connectivity index (χ4v) is 0.770. The fourth-order valence-electron chi connectivity index (χ4n) is 0.770. The molecule has 1 atom stereocenters. The van der Waals surface area contributed by atoms with Gasteiger partial charge in [-0.15, -0.1) is 13.1 Å². The van der Waals surface area contributed by atoms with E-state index in [1.165, 1.54) is 0 Å². The predicted molar refractivity (Wildman–Crippen MR) is 28.3 cm³/mol. The summed E-state index contributed by atoms with van der Waals surface area (Å²) in [7, 11) is 0. The van der Waals surface area contributed by atoms with E-state index >= 15 is 0 Å². The zero-order valence-electron chi connectivity index (χ0n) is 5.30. The van der Waals surface area contributed by atoms with Crippen LogP contribution in [0.3, 0.4) is 0 Å². The zero-order chi connectivity index (χ0) is 5.11. The van der Waals surface area contributed by atoms with Gasteiger partial charge in [0.25, 0.3) is 0 Å². The van der Waals surface area contributed by atoms with Crippen molar-refractivity contribution >= 4 is 0 Å². The Morgan fingerprint density at radius 3 is 2.50 bits per heavy atom. The zero-order valence-corrected chi connectivity index (χ0v) is 8.42. The monoisotopic (exact) mass is 139 g/mol. The largest absolute Gasteiger partial charge is 1.00 e. The standard InChI is InChI=1S/C5H10NO.K/c7-5-2-1-3-6-4-5;/h5,7H,1-4H2;/q-1;+1. The molecule has 0 bridgehead atoms. The summed E-state index contributed by atoms with van der Waals surface area (Å²) >= 11 is 0. The van der Waals surface area contributed by atoms with Crippen LogP contribution < -0.4 is 51.4 Å². The van der Waals surface area contributed by atoms with E-state index in [4.69, 9.17) is 5.11 Å². The van der Waals surface area contributed by atoms with Crippen molar-refractivity contribution in [2.24, 2.45) is 0 Å². The van der Waals surface area contributed by atoms with E-state index in [-0.39, 0.29) is 57.5 Å². The number of aliphatic hydroxyl groups is 1. The average Bonchev–Trinajstić information content (AvgIpc) is 1.69. The molecule has 2 nitrogen and oxygen atoms in total. The molecule has 1 fully saturated rings. The second-order valence-electron chi connectivity index (χ2n) is 1.93. The van der Waals surface area contributed by atoms with Gasteiger partial charge in [0.1, 0.15) is 0 Å². The molecule has 8 heavy (non-hydrogen) atoms. The molecule has 0 amide bonds. The molecule has 0 aliphatic carbocycles. The molecule has 1 rings (SSSR count). The van der Waals surface area contributed by atoms with Crippen LogP contribution in [-0.2, 0) is 0 Å². The molecular formula is C5H10KNO. The molecule has 3 heteroatoms. The van der Waals surface area contributed by atoms with E-state index in [0.717, 1.165) is 19.4 Å². The van der Waals surface area contributed by atoms with Gasteiger partial charge >= 0.3 is 51.4 Å². The fraction of sp³-hybridized carbons (Fsp3) is 1.00. The molecule has 1 heterocycles. The predicted octanol–water partition coefficient (Wildman–Crippen LogP) is -2.48. The van der Waals surface area contributed by atoms with Crippen molar-refractivity contribution in [1.29, 1.82) is 0 Å². The minimum atomic E-state index is -0.131. The van der Waals surface area contributed by atoms with Gasteiger partial charge in [0, 0.05) is 6.10 Å². The minimum Gasteiger partial charge on any atom is -0.660 e. The maximum Gasteiger partial charge on any atom is 1.00 e. The van der Waals surface area contributed by atoms with Crippen LogP contribution in [0.15, 0.2) is 0 Å². The molecule has 1 aliphatic rings. The Balaban J connectivity index is 0.000000490. The first-order valence-electron chi connectivity index (χ1n) is 2.71. The first-order valence-corrected chi connectivity index (χ1v) is 2.71. The molecule has 0 radical (unpaired) electrons. The first kappa shape index (κ1) is 9.56. The van der Waals surface area contributed by atoms with Gasteiger partial charge in [-0.25, -0.2) is 0 Å². The number of hydrogen-bond donors (Lipinski definition) is 1. The molecule has 0 aromatic rings. The summed E-state index contributed by atoms with van der Waals surface area (Å²) in [5.74, 6) is 0. The molecule has 42 valence electrons. The molecule has 1 N–H and O–H groups in total. The topological polar surface area (TPSA) is 34.3 Å². The van der Waals surface area contributed by atoms with Crippen LogP contribution in [-0.4, -0.2) is 24.3 Å². The summed E-state index contributed by atoms with van der Waals surface area (Å²) in [5.41, 5.74) is 0. The van der Waals surface area contributed by atoms with Gasteiger partial charge in [-0.05, 0) is 6.42 Å². The SMILES string of the molecule is OC1CCC[N-]C1.[K+]. The van der Waals surface area contributed by atoms with Crippen molar-refractivity contribution in [2.75, 3.05) is 13.1 Å². The molecule has 0 aromatic carbocycles. The van der Waals surface area contributed by atoms with Gasteiger partial charge in [0.15, 0.2) is 0 Å². The minimum absolute atomic E-state index is 0. The second-order valence-corrected chi connectivity index (χ2v) is 1.93. The molecular weight excluding hydrogens is 129 g/mol. The molecule has 1 aliphatic heterocycles. The van der Waals surface area contributed by atoms with Crippen molar-refractivity contribution in [2.45, 2.75) is 18.9 Å². The van der Waals surface area contributed by atoms with E-state index in [1.54, 1.807) is 0 Å². The smallest absolute Gasteiger partial charge is 0.660 e. The van der Waals surface area contributed by atoms with Crippen LogP contribution in [0.2, 0.25) is 0 Å². The Hall–Kier alpha value is 1.56. The van der Waals surface area contributed by atoms with E-state index in [2.05, 4.69) is 5.32 Å². The van der Waals surface area contributed by atoms with Gasteiger partial charge < -0.3 is 10.4 Å². The maximum atomic E-state index is 8.82. The Morgan fingerprint density at radius 1 is 1.50 bits per heavy atom.